The van der Waals surface area contributed by atoms with Gasteiger partial charge in [-0.05, 0) is 37.6 Å². The Kier molecular flexibility index (Phi) is 4.58. The van der Waals surface area contributed by atoms with Crippen LogP contribution in [-0.4, -0.2) is 45.4 Å². The van der Waals surface area contributed by atoms with Gasteiger partial charge in [0, 0.05) is 11.6 Å². The molecule has 28 heavy (non-hydrogen) atoms. The first-order chi connectivity index (χ1) is 13.3. The van der Waals surface area contributed by atoms with Gasteiger partial charge in [0.05, 0.1) is 29.2 Å². The number of nitrogens with zero attached hydrogens (tertiary/aromatic N) is 4. The lowest BCUT2D eigenvalue weighted by Crippen LogP contribution is -2.33. The molecule has 1 unspecified atom stereocenters. The van der Waals surface area contributed by atoms with E-state index in [2.05, 4.69) is 20.4 Å². The normalized spacial score (nSPS) is 19.6. The van der Waals surface area contributed by atoms with Gasteiger partial charge >= 0.3 is 0 Å². The second-order valence-electron chi connectivity index (χ2n) is 6.88. The van der Waals surface area contributed by atoms with Crippen LogP contribution in [0.5, 0.6) is 0 Å². The lowest BCUT2D eigenvalue weighted by Gasteiger charge is -2.13. The van der Waals surface area contributed by atoms with E-state index in [0.717, 1.165) is 5.56 Å². The third-order valence-electron chi connectivity index (χ3n) is 4.74. The largest absolute Gasteiger partial charge is 0.346 e. The molecule has 0 radical (unpaired) electrons. The van der Waals surface area contributed by atoms with Gasteiger partial charge in [-0.15, -0.1) is 5.10 Å². The number of benzene rings is 1. The number of halogens is 1. The number of hydrogen-bond acceptors (Lipinski definition) is 6. The molecule has 2 atom stereocenters. The Hall–Kier alpha value is -2.88. The maximum absolute atomic E-state index is 13.1. The fraction of sp³-hybridized carbons (Fsp3) is 0.333. The van der Waals surface area contributed by atoms with Gasteiger partial charge in [-0.25, -0.2) is 27.3 Å². The molecule has 1 aliphatic heterocycles. The highest BCUT2D eigenvalue weighted by Crippen LogP contribution is 2.21. The quantitative estimate of drug-likeness (QED) is 0.708. The van der Waals surface area contributed by atoms with Crippen molar-refractivity contribution in [1.82, 2.24) is 24.9 Å². The summed E-state index contributed by atoms with van der Waals surface area (Å²) in [5.74, 6) is -0.839. The molecule has 8 nitrogen and oxygen atoms in total. The zero-order chi connectivity index (χ0) is 19.9. The zero-order valence-corrected chi connectivity index (χ0v) is 15.9. The van der Waals surface area contributed by atoms with Crippen molar-refractivity contribution in [2.45, 2.75) is 19.4 Å². The number of aromatic nitrogens is 4. The van der Waals surface area contributed by atoms with Crippen LogP contribution in [0.3, 0.4) is 0 Å². The molecule has 1 aromatic carbocycles. The molecule has 0 saturated carbocycles. The van der Waals surface area contributed by atoms with E-state index in [-0.39, 0.29) is 23.2 Å². The summed E-state index contributed by atoms with van der Waals surface area (Å²) in [5.41, 5.74) is 1.91. The fourth-order valence-corrected chi connectivity index (χ4v) is 4.91. The van der Waals surface area contributed by atoms with Crippen LogP contribution in [0.2, 0.25) is 0 Å². The highest BCUT2D eigenvalue weighted by Gasteiger charge is 2.33. The molecular formula is C18H18FN5O3S. The minimum Gasteiger partial charge on any atom is -0.346 e. The summed E-state index contributed by atoms with van der Waals surface area (Å²) in [7, 11) is -3.12. The van der Waals surface area contributed by atoms with Crippen molar-refractivity contribution in [3.8, 4) is 11.3 Å². The molecule has 0 bridgehead atoms. The fourth-order valence-electron chi connectivity index (χ4n) is 3.17. The standard InChI is InChI=1S/C18H18FN5O3S/c1-11(21-18(25)13-6-7-28(26,27)9-13)17-22-16-8-15(20-10-24(16)23-17)12-2-4-14(19)5-3-12/h2-5,8,10-11,13H,6-7,9H2,1H3,(H,21,25)/t11-,13?/m0/s1. The smallest absolute Gasteiger partial charge is 0.224 e. The number of sulfone groups is 1. The Morgan fingerprint density at radius 3 is 2.75 bits per heavy atom. The Morgan fingerprint density at radius 1 is 1.32 bits per heavy atom. The lowest BCUT2D eigenvalue weighted by molar-refractivity contribution is -0.124. The number of carbonyl (C=O) groups excluding carboxylic acids is 1. The molecule has 1 aliphatic rings. The average molecular weight is 403 g/mol. The van der Waals surface area contributed by atoms with Crippen molar-refractivity contribution in [2.75, 3.05) is 11.5 Å². The molecule has 1 amide bonds. The molecule has 3 heterocycles. The summed E-state index contributed by atoms with van der Waals surface area (Å²) in [6, 6.07) is 7.22. The first kappa shape index (κ1) is 18.5. The van der Waals surface area contributed by atoms with Gasteiger partial charge in [0.25, 0.3) is 0 Å². The van der Waals surface area contributed by atoms with Crippen LogP contribution in [0.15, 0.2) is 36.7 Å². The van der Waals surface area contributed by atoms with Crippen molar-refractivity contribution in [2.24, 2.45) is 5.92 Å². The maximum Gasteiger partial charge on any atom is 0.224 e. The average Bonchev–Trinajstić information content (AvgIpc) is 3.24. The van der Waals surface area contributed by atoms with E-state index >= 15 is 0 Å². The minimum absolute atomic E-state index is 0.0455. The van der Waals surface area contributed by atoms with Crippen LogP contribution in [0, 0.1) is 11.7 Å². The van der Waals surface area contributed by atoms with Crippen LogP contribution >= 0.6 is 0 Å². The molecule has 1 fully saturated rings. The molecule has 146 valence electrons. The number of rotatable bonds is 4. The van der Waals surface area contributed by atoms with E-state index in [1.807, 2.05) is 0 Å². The van der Waals surface area contributed by atoms with Crippen molar-refractivity contribution in [3.05, 3.63) is 48.3 Å². The monoisotopic (exact) mass is 403 g/mol. The predicted molar refractivity (Wildman–Crippen MR) is 99.5 cm³/mol. The Labute approximate surface area is 160 Å². The first-order valence-electron chi connectivity index (χ1n) is 8.80. The number of nitrogens with one attached hydrogen (secondary N) is 1. The highest BCUT2D eigenvalue weighted by molar-refractivity contribution is 7.91. The third-order valence-corrected chi connectivity index (χ3v) is 6.50. The van der Waals surface area contributed by atoms with E-state index in [0.29, 0.717) is 23.6 Å². The molecule has 3 aromatic rings. The van der Waals surface area contributed by atoms with E-state index in [4.69, 9.17) is 0 Å². The molecule has 0 aliphatic carbocycles. The van der Waals surface area contributed by atoms with Crippen LogP contribution in [0.25, 0.3) is 16.9 Å². The number of fused-ring (bicyclic) bond motifs is 1. The van der Waals surface area contributed by atoms with Crippen molar-refractivity contribution < 1.29 is 17.6 Å². The Balaban J connectivity index is 1.52. The third kappa shape index (κ3) is 3.72. The summed E-state index contributed by atoms with van der Waals surface area (Å²) in [4.78, 5) is 21.1. The molecule has 10 heteroatoms. The number of carbonyl (C=O) groups is 1. The van der Waals surface area contributed by atoms with Gasteiger partial charge in [-0.1, -0.05) is 0 Å². The van der Waals surface area contributed by atoms with Gasteiger partial charge in [-0.2, -0.15) is 0 Å². The van der Waals surface area contributed by atoms with Gasteiger partial charge in [0.2, 0.25) is 5.91 Å². The molecular weight excluding hydrogens is 385 g/mol. The maximum atomic E-state index is 13.1. The van der Waals surface area contributed by atoms with E-state index in [1.165, 1.54) is 23.0 Å². The predicted octanol–water partition coefficient (Wildman–Crippen LogP) is 1.54. The van der Waals surface area contributed by atoms with Gasteiger partial charge in [-0.3, -0.25) is 4.79 Å². The molecule has 1 N–H and O–H groups in total. The molecule has 0 spiro atoms. The highest BCUT2D eigenvalue weighted by atomic mass is 32.2. The van der Waals surface area contributed by atoms with Crippen LogP contribution in [0.4, 0.5) is 4.39 Å². The molecule has 4 rings (SSSR count). The summed E-state index contributed by atoms with van der Waals surface area (Å²) < 4.78 is 37.7. The lowest BCUT2D eigenvalue weighted by atomic mass is 10.1. The summed E-state index contributed by atoms with van der Waals surface area (Å²) in [5, 5.41) is 7.11. The number of hydrogen-bond donors (Lipinski definition) is 1. The first-order valence-corrected chi connectivity index (χ1v) is 10.6. The van der Waals surface area contributed by atoms with Gasteiger partial charge in [0.15, 0.2) is 21.3 Å². The molecule has 2 aromatic heterocycles. The second kappa shape index (κ2) is 6.93. The van der Waals surface area contributed by atoms with E-state index < -0.39 is 21.8 Å². The van der Waals surface area contributed by atoms with Crippen LogP contribution in [0.1, 0.15) is 25.2 Å². The minimum atomic E-state index is -3.12. The SMILES string of the molecule is C[C@H](NC(=O)C1CCS(=O)(=O)C1)c1nc2cc(-c3ccc(F)cc3)ncn2n1. The summed E-state index contributed by atoms with van der Waals surface area (Å²) in [6.07, 6.45) is 1.84. The van der Waals surface area contributed by atoms with Crippen molar-refractivity contribution in [3.63, 3.8) is 0 Å². The Bertz CT molecular complexity index is 1140. The Morgan fingerprint density at radius 2 is 2.07 bits per heavy atom. The van der Waals surface area contributed by atoms with Crippen molar-refractivity contribution in [1.29, 1.82) is 0 Å². The van der Waals surface area contributed by atoms with Crippen LogP contribution in [-0.2, 0) is 14.6 Å². The summed E-state index contributed by atoms with van der Waals surface area (Å²) >= 11 is 0. The topological polar surface area (TPSA) is 106 Å². The van der Waals surface area contributed by atoms with Gasteiger partial charge in [0.1, 0.15) is 12.1 Å². The second-order valence-corrected chi connectivity index (χ2v) is 9.11. The summed E-state index contributed by atoms with van der Waals surface area (Å²) in [6.45, 7) is 1.74. The van der Waals surface area contributed by atoms with E-state index in [1.54, 1.807) is 25.1 Å². The van der Waals surface area contributed by atoms with Crippen LogP contribution < -0.4 is 5.32 Å². The molecule has 1 saturated heterocycles. The van der Waals surface area contributed by atoms with E-state index in [9.17, 15) is 17.6 Å². The zero-order valence-electron chi connectivity index (χ0n) is 15.0. The van der Waals surface area contributed by atoms with Crippen molar-refractivity contribution >= 4 is 21.4 Å². The number of amides is 1. The van der Waals surface area contributed by atoms with Gasteiger partial charge < -0.3 is 5.32 Å².